The Balaban J connectivity index is 2.39. The van der Waals surface area contributed by atoms with Crippen LogP contribution in [0.3, 0.4) is 0 Å². The molecule has 1 aromatic heterocycles. The van der Waals surface area contributed by atoms with Gasteiger partial charge in [0.25, 0.3) is 0 Å². The van der Waals surface area contributed by atoms with Crippen LogP contribution in [-0.2, 0) is 24.8 Å². The summed E-state index contributed by atoms with van der Waals surface area (Å²) in [6.45, 7) is 3.98. The van der Waals surface area contributed by atoms with Crippen molar-refractivity contribution in [1.82, 2.24) is 14.8 Å². The first kappa shape index (κ1) is 11.1. The van der Waals surface area contributed by atoms with E-state index >= 15 is 0 Å². The molecule has 0 bridgehead atoms. The molecule has 0 aliphatic heterocycles. The lowest BCUT2D eigenvalue weighted by atomic mass is 10.3. The topological polar surface area (TPSA) is 66.0 Å². The molecule has 0 aliphatic rings. The van der Waals surface area contributed by atoms with Gasteiger partial charge in [-0.15, -0.1) is 10.2 Å². The maximum atomic E-state index is 5.49. The van der Waals surface area contributed by atoms with Crippen molar-refractivity contribution >= 4 is 0 Å². The molecule has 0 fully saturated rings. The summed E-state index contributed by atoms with van der Waals surface area (Å²) in [5, 5.41) is 8.04. The van der Waals surface area contributed by atoms with E-state index in [-0.39, 0.29) is 0 Å². The monoisotopic (exact) mass is 198 g/mol. The van der Waals surface area contributed by atoms with Crippen molar-refractivity contribution in [2.24, 2.45) is 12.8 Å². The van der Waals surface area contributed by atoms with Crippen LogP contribution >= 0.6 is 0 Å². The fourth-order valence-corrected chi connectivity index (χ4v) is 1.27. The molecule has 0 unspecified atom stereocenters. The van der Waals surface area contributed by atoms with Gasteiger partial charge >= 0.3 is 0 Å². The Kier molecular flexibility index (Phi) is 4.55. The van der Waals surface area contributed by atoms with Crippen LogP contribution in [0, 0.1) is 0 Å². The summed E-state index contributed by atoms with van der Waals surface area (Å²) in [7, 11) is 1.94. The highest BCUT2D eigenvalue weighted by Crippen LogP contribution is 2.01. The molecule has 0 aromatic carbocycles. The SMILES string of the molecule is CCOCCCc1nnc(CN)n1C. The largest absolute Gasteiger partial charge is 0.382 e. The molecule has 1 rings (SSSR count). The zero-order valence-corrected chi connectivity index (χ0v) is 8.86. The van der Waals surface area contributed by atoms with Crippen LogP contribution in [0.25, 0.3) is 0 Å². The predicted molar refractivity (Wildman–Crippen MR) is 53.7 cm³/mol. The molecule has 5 heteroatoms. The lowest BCUT2D eigenvalue weighted by Gasteiger charge is -2.02. The summed E-state index contributed by atoms with van der Waals surface area (Å²) in [5.41, 5.74) is 5.49. The van der Waals surface area contributed by atoms with E-state index in [9.17, 15) is 0 Å². The molecule has 0 atom stereocenters. The zero-order chi connectivity index (χ0) is 10.4. The number of hydrogen-bond acceptors (Lipinski definition) is 4. The van der Waals surface area contributed by atoms with E-state index in [0.29, 0.717) is 6.54 Å². The third kappa shape index (κ3) is 2.78. The van der Waals surface area contributed by atoms with Gasteiger partial charge in [-0.25, -0.2) is 0 Å². The Morgan fingerprint density at radius 3 is 2.64 bits per heavy atom. The third-order valence-corrected chi connectivity index (χ3v) is 2.13. The van der Waals surface area contributed by atoms with Gasteiger partial charge in [-0.2, -0.15) is 0 Å². The zero-order valence-electron chi connectivity index (χ0n) is 8.86. The molecule has 5 nitrogen and oxygen atoms in total. The Bertz CT molecular complexity index is 272. The highest BCUT2D eigenvalue weighted by atomic mass is 16.5. The van der Waals surface area contributed by atoms with Crippen molar-refractivity contribution < 1.29 is 4.74 Å². The quantitative estimate of drug-likeness (QED) is 0.665. The molecule has 0 aliphatic carbocycles. The second kappa shape index (κ2) is 5.72. The first-order chi connectivity index (χ1) is 6.79. The smallest absolute Gasteiger partial charge is 0.146 e. The Morgan fingerprint density at radius 2 is 2.07 bits per heavy atom. The summed E-state index contributed by atoms with van der Waals surface area (Å²) in [4.78, 5) is 0. The minimum atomic E-state index is 0.439. The number of ether oxygens (including phenoxy) is 1. The second-order valence-corrected chi connectivity index (χ2v) is 3.10. The molecular formula is C9H18N4O. The van der Waals surface area contributed by atoms with E-state index in [2.05, 4.69) is 10.2 Å². The standard InChI is InChI=1S/C9H18N4O/c1-3-14-6-4-5-8-11-12-9(7-10)13(8)2/h3-7,10H2,1-2H3. The molecule has 14 heavy (non-hydrogen) atoms. The Morgan fingerprint density at radius 1 is 1.36 bits per heavy atom. The van der Waals surface area contributed by atoms with Crippen LogP contribution in [0.4, 0.5) is 0 Å². The van der Waals surface area contributed by atoms with E-state index in [4.69, 9.17) is 10.5 Å². The molecule has 0 spiro atoms. The molecule has 0 amide bonds. The van der Waals surface area contributed by atoms with E-state index in [1.54, 1.807) is 0 Å². The van der Waals surface area contributed by atoms with Crippen LogP contribution in [0.5, 0.6) is 0 Å². The maximum Gasteiger partial charge on any atom is 0.146 e. The second-order valence-electron chi connectivity index (χ2n) is 3.10. The molecular weight excluding hydrogens is 180 g/mol. The van der Waals surface area contributed by atoms with Gasteiger partial charge in [0.15, 0.2) is 0 Å². The highest BCUT2D eigenvalue weighted by Gasteiger charge is 2.05. The van der Waals surface area contributed by atoms with Crippen molar-refractivity contribution in [2.75, 3.05) is 13.2 Å². The number of nitrogens with zero attached hydrogens (tertiary/aromatic N) is 3. The van der Waals surface area contributed by atoms with Crippen LogP contribution in [-0.4, -0.2) is 28.0 Å². The average Bonchev–Trinajstić information content (AvgIpc) is 2.55. The summed E-state index contributed by atoms with van der Waals surface area (Å²) in [6.07, 6.45) is 1.87. The summed E-state index contributed by atoms with van der Waals surface area (Å²) >= 11 is 0. The first-order valence-corrected chi connectivity index (χ1v) is 4.94. The van der Waals surface area contributed by atoms with Crippen molar-refractivity contribution in [2.45, 2.75) is 26.3 Å². The van der Waals surface area contributed by atoms with Gasteiger partial charge in [0.2, 0.25) is 0 Å². The fourth-order valence-electron chi connectivity index (χ4n) is 1.27. The van der Waals surface area contributed by atoms with Crippen molar-refractivity contribution in [3.05, 3.63) is 11.6 Å². The van der Waals surface area contributed by atoms with Gasteiger partial charge in [-0.1, -0.05) is 0 Å². The Labute approximate surface area is 84.3 Å². The molecule has 2 N–H and O–H groups in total. The average molecular weight is 198 g/mol. The van der Waals surface area contributed by atoms with E-state index in [0.717, 1.165) is 37.7 Å². The van der Waals surface area contributed by atoms with E-state index in [1.807, 2.05) is 18.5 Å². The van der Waals surface area contributed by atoms with Crippen molar-refractivity contribution in [1.29, 1.82) is 0 Å². The summed E-state index contributed by atoms with van der Waals surface area (Å²) < 4.78 is 7.20. The lowest BCUT2D eigenvalue weighted by Crippen LogP contribution is -2.07. The number of rotatable bonds is 6. The maximum absolute atomic E-state index is 5.49. The van der Waals surface area contributed by atoms with E-state index in [1.165, 1.54) is 0 Å². The first-order valence-electron chi connectivity index (χ1n) is 4.94. The number of aryl methyl sites for hydroxylation is 1. The van der Waals surface area contributed by atoms with Gasteiger partial charge in [0.05, 0.1) is 6.54 Å². The van der Waals surface area contributed by atoms with Crippen molar-refractivity contribution in [3.63, 3.8) is 0 Å². The van der Waals surface area contributed by atoms with Crippen LogP contribution in [0.2, 0.25) is 0 Å². The molecule has 80 valence electrons. The van der Waals surface area contributed by atoms with Crippen LogP contribution in [0.15, 0.2) is 0 Å². The van der Waals surface area contributed by atoms with Gasteiger partial charge in [0, 0.05) is 26.7 Å². The fraction of sp³-hybridized carbons (Fsp3) is 0.778. The third-order valence-electron chi connectivity index (χ3n) is 2.13. The Hall–Kier alpha value is -0.940. The van der Waals surface area contributed by atoms with Crippen LogP contribution in [0.1, 0.15) is 25.0 Å². The number of aromatic nitrogens is 3. The number of hydrogen-bond donors (Lipinski definition) is 1. The minimum Gasteiger partial charge on any atom is -0.382 e. The highest BCUT2D eigenvalue weighted by molar-refractivity contribution is 4.94. The normalized spacial score (nSPS) is 10.8. The molecule has 0 radical (unpaired) electrons. The van der Waals surface area contributed by atoms with Gasteiger partial charge in [-0.3, -0.25) is 0 Å². The number of nitrogens with two attached hydrogens (primary N) is 1. The van der Waals surface area contributed by atoms with Gasteiger partial charge in [0.1, 0.15) is 11.6 Å². The predicted octanol–water partition coefficient (Wildman–Crippen LogP) is 0.243. The lowest BCUT2D eigenvalue weighted by molar-refractivity contribution is 0.144. The van der Waals surface area contributed by atoms with Crippen molar-refractivity contribution in [3.8, 4) is 0 Å². The minimum absolute atomic E-state index is 0.439. The van der Waals surface area contributed by atoms with Crippen LogP contribution < -0.4 is 5.73 Å². The molecule has 1 heterocycles. The molecule has 0 saturated heterocycles. The molecule has 0 saturated carbocycles. The van der Waals surface area contributed by atoms with E-state index < -0.39 is 0 Å². The summed E-state index contributed by atoms with van der Waals surface area (Å²) in [6, 6.07) is 0. The van der Waals surface area contributed by atoms with Gasteiger partial charge < -0.3 is 15.0 Å². The molecule has 1 aromatic rings. The van der Waals surface area contributed by atoms with Gasteiger partial charge in [-0.05, 0) is 13.3 Å². The summed E-state index contributed by atoms with van der Waals surface area (Å²) in [5.74, 6) is 1.81.